The minimum absolute atomic E-state index is 0.118. The van der Waals surface area contributed by atoms with E-state index in [0.717, 1.165) is 9.54 Å². The summed E-state index contributed by atoms with van der Waals surface area (Å²) in [6.45, 7) is 9.28. The van der Waals surface area contributed by atoms with Crippen molar-refractivity contribution in [3.8, 4) is 0 Å². The molecule has 2 unspecified atom stereocenters. The number of fused-ring (bicyclic) bond motifs is 1. The number of carbonyl (C=O) groups excluding carboxylic acids is 2. The van der Waals surface area contributed by atoms with Gasteiger partial charge in [0, 0.05) is 32.3 Å². The first kappa shape index (κ1) is 28.6. The fraction of sp³-hybridized carbons (Fsp3) is 0.462. The van der Waals surface area contributed by atoms with Crippen molar-refractivity contribution in [2.75, 3.05) is 18.4 Å². The zero-order valence-corrected chi connectivity index (χ0v) is 24.1. The molecule has 4 rings (SSSR count). The second-order valence-electron chi connectivity index (χ2n) is 10.7. The number of likely N-dealkylation sites (tertiary alicyclic amines) is 1. The number of amides is 2. The standard InChI is InChI=1S/C26H33ClN6O5S/c1-16-6-10-20(11-7-16)39(36,37)33-13-12-21-22(30-24(27)31-23(21)33)29-18-8-9-19(14-28-17(2)34)32(15-18)25(35)38-26(3,4)5/h6-7,10-13,18-19H,8-9,14-15H2,1-5H3,(H,28,34)(H,29,30,31). The third kappa shape index (κ3) is 6.62. The number of piperidine rings is 1. The molecule has 13 heteroatoms. The van der Waals surface area contributed by atoms with Crippen LogP contribution in [-0.2, 0) is 19.6 Å². The lowest BCUT2D eigenvalue weighted by atomic mass is 9.98. The molecule has 0 spiro atoms. The molecule has 0 radical (unpaired) electrons. The number of ether oxygens (including phenoxy) is 1. The third-order valence-electron chi connectivity index (χ3n) is 6.32. The number of nitrogens with one attached hydrogen (secondary N) is 2. The van der Waals surface area contributed by atoms with Crippen LogP contribution in [0.25, 0.3) is 11.0 Å². The number of carbonyl (C=O) groups is 2. The Bertz CT molecular complexity index is 1480. The zero-order chi connectivity index (χ0) is 28.5. The molecular weight excluding hydrogens is 544 g/mol. The molecule has 1 aromatic carbocycles. The van der Waals surface area contributed by atoms with Crippen molar-refractivity contribution in [1.82, 2.24) is 24.2 Å². The molecular formula is C26H33ClN6O5S. The van der Waals surface area contributed by atoms with Crippen LogP contribution in [0, 0.1) is 6.92 Å². The Morgan fingerprint density at radius 2 is 1.82 bits per heavy atom. The molecule has 0 aliphatic carbocycles. The van der Waals surface area contributed by atoms with Gasteiger partial charge in [0.25, 0.3) is 10.0 Å². The summed E-state index contributed by atoms with van der Waals surface area (Å²) in [5.74, 6) is 0.180. The van der Waals surface area contributed by atoms with Crippen molar-refractivity contribution in [1.29, 1.82) is 0 Å². The van der Waals surface area contributed by atoms with E-state index < -0.39 is 21.7 Å². The molecule has 1 fully saturated rings. The predicted molar refractivity (Wildman–Crippen MR) is 148 cm³/mol. The molecule has 3 heterocycles. The average molecular weight is 577 g/mol. The van der Waals surface area contributed by atoms with E-state index in [1.54, 1.807) is 56.0 Å². The molecule has 3 aromatic rings. The maximum absolute atomic E-state index is 13.4. The Labute approximate surface area is 232 Å². The van der Waals surface area contributed by atoms with Crippen LogP contribution < -0.4 is 10.6 Å². The van der Waals surface area contributed by atoms with Crippen LogP contribution in [0.4, 0.5) is 10.6 Å². The summed E-state index contributed by atoms with van der Waals surface area (Å²) in [5, 5.41) is 6.47. The first-order valence-corrected chi connectivity index (χ1v) is 14.4. The molecule has 1 aliphatic rings. The fourth-order valence-electron chi connectivity index (χ4n) is 4.45. The smallest absolute Gasteiger partial charge is 0.410 e. The average Bonchev–Trinajstić information content (AvgIpc) is 3.27. The first-order chi connectivity index (χ1) is 18.2. The maximum Gasteiger partial charge on any atom is 0.410 e. The highest BCUT2D eigenvalue weighted by Crippen LogP contribution is 2.29. The van der Waals surface area contributed by atoms with Crippen LogP contribution in [0.2, 0.25) is 5.28 Å². The predicted octanol–water partition coefficient (Wildman–Crippen LogP) is 3.95. The maximum atomic E-state index is 13.4. The van der Waals surface area contributed by atoms with Crippen molar-refractivity contribution in [2.24, 2.45) is 0 Å². The van der Waals surface area contributed by atoms with E-state index in [0.29, 0.717) is 30.6 Å². The van der Waals surface area contributed by atoms with Crippen molar-refractivity contribution in [2.45, 2.75) is 70.0 Å². The molecule has 0 saturated carbocycles. The molecule has 39 heavy (non-hydrogen) atoms. The van der Waals surface area contributed by atoms with E-state index >= 15 is 0 Å². The Balaban J connectivity index is 1.62. The lowest BCUT2D eigenvalue weighted by molar-refractivity contribution is -0.119. The quantitative estimate of drug-likeness (QED) is 0.421. The van der Waals surface area contributed by atoms with E-state index in [2.05, 4.69) is 20.6 Å². The van der Waals surface area contributed by atoms with Gasteiger partial charge in [0.1, 0.15) is 11.4 Å². The number of hydrogen-bond donors (Lipinski definition) is 2. The summed E-state index contributed by atoms with van der Waals surface area (Å²) in [7, 11) is -3.93. The van der Waals surface area contributed by atoms with E-state index in [1.165, 1.54) is 13.1 Å². The highest BCUT2D eigenvalue weighted by atomic mass is 35.5. The lowest BCUT2D eigenvalue weighted by Crippen LogP contribution is -2.55. The second kappa shape index (κ2) is 11.0. The molecule has 11 nitrogen and oxygen atoms in total. The summed E-state index contributed by atoms with van der Waals surface area (Å²) in [5.41, 5.74) is 0.394. The van der Waals surface area contributed by atoms with Gasteiger partial charge < -0.3 is 20.3 Å². The van der Waals surface area contributed by atoms with Gasteiger partial charge in [-0.25, -0.2) is 22.2 Å². The Morgan fingerprint density at radius 1 is 1.13 bits per heavy atom. The molecule has 1 saturated heterocycles. The monoisotopic (exact) mass is 576 g/mol. The topological polar surface area (TPSA) is 136 Å². The summed E-state index contributed by atoms with van der Waals surface area (Å²) >= 11 is 6.24. The van der Waals surface area contributed by atoms with Gasteiger partial charge in [-0.2, -0.15) is 4.98 Å². The number of halogens is 1. The van der Waals surface area contributed by atoms with E-state index in [9.17, 15) is 18.0 Å². The van der Waals surface area contributed by atoms with E-state index in [4.69, 9.17) is 16.3 Å². The molecule has 1 aliphatic heterocycles. The summed E-state index contributed by atoms with van der Waals surface area (Å²) in [6, 6.07) is 7.69. The van der Waals surface area contributed by atoms with Gasteiger partial charge in [-0.15, -0.1) is 0 Å². The number of anilines is 1. The largest absolute Gasteiger partial charge is 0.444 e. The molecule has 0 bridgehead atoms. The van der Waals surface area contributed by atoms with Gasteiger partial charge in [0.15, 0.2) is 5.65 Å². The Morgan fingerprint density at radius 3 is 2.46 bits per heavy atom. The number of aromatic nitrogens is 3. The zero-order valence-electron chi connectivity index (χ0n) is 22.6. The second-order valence-corrected chi connectivity index (χ2v) is 12.8. The van der Waals surface area contributed by atoms with Crippen molar-refractivity contribution in [3.63, 3.8) is 0 Å². The number of aryl methyl sites for hydroxylation is 1. The summed E-state index contributed by atoms with van der Waals surface area (Å²) < 4.78 is 33.4. The summed E-state index contributed by atoms with van der Waals surface area (Å²) in [6.07, 6.45) is 2.20. The minimum atomic E-state index is -3.93. The summed E-state index contributed by atoms with van der Waals surface area (Å²) in [4.78, 5) is 34.8. The van der Waals surface area contributed by atoms with Gasteiger partial charge in [-0.05, 0) is 70.3 Å². The van der Waals surface area contributed by atoms with Crippen molar-refractivity contribution in [3.05, 3.63) is 47.4 Å². The normalized spacial score (nSPS) is 18.2. The van der Waals surface area contributed by atoms with Gasteiger partial charge in [-0.3, -0.25) is 4.79 Å². The minimum Gasteiger partial charge on any atom is -0.444 e. The van der Waals surface area contributed by atoms with E-state index in [-0.39, 0.29) is 40.4 Å². The van der Waals surface area contributed by atoms with Crippen LogP contribution in [-0.4, -0.2) is 70.0 Å². The third-order valence-corrected chi connectivity index (χ3v) is 8.17. The van der Waals surface area contributed by atoms with Crippen LogP contribution in [0.5, 0.6) is 0 Å². The van der Waals surface area contributed by atoms with Crippen LogP contribution in [0.3, 0.4) is 0 Å². The Hall–Kier alpha value is -3.38. The van der Waals surface area contributed by atoms with Gasteiger partial charge in [0.05, 0.1) is 16.3 Å². The van der Waals surface area contributed by atoms with Crippen LogP contribution in [0.1, 0.15) is 46.1 Å². The number of hydrogen-bond acceptors (Lipinski definition) is 8. The molecule has 2 N–H and O–H groups in total. The fourth-order valence-corrected chi connectivity index (χ4v) is 5.91. The van der Waals surface area contributed by atoms with Gasteiger partial charge >= 0.3 is 6.09 Å². The van der Waals surface area contributed by atoms with Gasteiger partial charge in [-0.1, -0.05) is 17.7 Å². The van der Waals surface area contributed by atoms with Gasteiger partial charge in [0.2, 0.25) is 11.2 Å². The van der Waals surface area contributed by atoms with Crippen LogP contribution in [0.15, 0.2) is 41.4 Å². The number of benzene rings is 1. The van der Waals surface area contributed by atoms with Crippen molar-refractivity contribution >= 4 is 50.5 Å². The van der Waals surface area contributed by atoms with Crippen LogP contribution >= 0.6 is 11.6 Å². The molecule has 2 amide bonds. The lowest BCUT2D eigenvalue weighted by Gasteiger charge is -2.40. The highest BCUT2D eigenvalue weighted by Gasteiger charge is 2.35. The number of rotatable bonds is 6. The molecule has 210 valence electrons. The SMILES string of the molecule is CC(=O)NCC1CCC(Nc2nc(Cl)nc3c2ccn3S(=O)(=O)c2ccc(C)cc2)CN1C(=O)OC(C)(C)C. The highest BCUT2D eigenvalue weighted by molar-refractivity contribution is 7.90. The first-order valence-electron chi connectivity index (χ1n) is 12.6. The van der Waals surface area contributed by atoms with E-state index in [1.807, 2.05) is 6.92 Å². The molecule has 2 aromatic heterocycles. The number of nitrogens with zero attached hydrogens (tertiary/aromatic N) is 4. The van der Waals surface area contributed by atoms with Crippen molar-refractivity contribution < 1.29 is 22.7 Å². The Kier molecular flexibility index (Phi) is 8.08. The molecule has 2 atom stereocenters.